The lowest BCUT2D eigenvalue weighted by molar-refractivity contribution is -0.0163. The van der Waals surface area contributed by atoms with E-state index < -0.39 is 13.0 Å². The van der Waals surface area contributed by atoms with Gasteiger partial charge in [0.15, 0.2) is 0 Å². The average Bonchev–Trinajstić information content (AvgIpc) is 2.08. The van der Waals surface area contributed by atoms with Gasteiger partial charge in [0.2, 0.25) is 0 Å². The van der Waals surface area contributed by atoms with Gasteiger partial charge in [0.05, 0.1) is 6.10 Å². The molecule has 1 unspecified atom stereocenters. The third-order valence-electron chi connectivity index (χ3n) is 1.84. The zero-order chi connectivity index (χ0) is 11.0. The summed E-state index contributed by atoms with van der Waals surface area (Å²) in [5.74, 6) is 0.666. The summed E-state index contributed by atoms with van der Waals surface area (Å²) in [6, 6.07) is 0. The number of rotatable bonds is 8. The van der Waals surface area contributed by atoms with E-state index in [1.165, 1.54) is 0 Å². The fraction of sp³-hybridized carbons (Fsp3) is 1.00. The van der Waals surface area contributed by atoms with Gasteiger partial charge in [0.1, 0.15) is 6.61 Å². The second kappa shape index (κ2) is 8.12. The number of ether oxygens (including phenoxy) is 1. The van der Waals surface area contributed by atoms with Crippen LogP contribution < -0.4 is 5.32 Å². The first-order valence-corrected chi connectivity index (χ1v) is 5.12. The minimum absolute atomic E-state index is 0.142. The molecule has 4 heteroatoms. The molecule has 0 heterocycles. The van der Waals surface area contributed by atoms with E-state index in [2.05, 4.69) is 19.2 Å². The summed E-state index contributed by atoms with van der Waals surface area (Å²) in [6.07, 6.45) is -1.41. The fourth-order valence-corrected chi connectivity index (χ4v) is 0.992. The third kappa shape index (κ3) is 9.86. The molecule has 0 aliphatic rings. The van der Waals surface area contributed by atoms with Crippen LogP contribution in [0, 0.1) is 5.92 Å². The Morgan fingerprint density at radius 1 is 1.21 bits per heavy atom. The maximum Gasteiger partial charge on any atom is 0.261 e. The van der Waals surface area contributed by atoms with E-state index in [1.54, 1.807) is 6.92 Å². The van der Waals surface area contributed by atoms with Gasteiger partial charge in [0, 0.05) is 6.54 Å². The molecule has 0 amide bonds. The number of halogens is 2. The molecule has 2 nitrogen and oxygen atoms in total. The molecule has 0 saturated carbocycles. The van der Waals surface area contributed by atoms with Crippen LogP contribution in [0.25, 0.3) is 0 Å². The van der Waals surface area contributed by atoms with Crippen molar-refractivity contribution in [2.45, 2.75) is 39.7 Å². The van der Waals surface area contributed by atoms with Crippen LogP contribution in [0.1, 0.15) is 27.2 Å². The van der Waals surface area contributed by atoms with Gasteiger partial charge >= 0.3 is 0 Å². The second-order valence-corrected chi connectivity index (χ2v) is 3.92. The van der Waals surface area contributed by atoms with Crippen LogP contribution in [-0.4, -0.2) is 32.2 Å². The van der Waals surface area contributed by atoms with Crippen molar-refractivity contribution in [1.29, 1.82) is 0 Å². The molecule has 1 atom stereocenters. The van der Waals surface area contributed by atoms with Crippen LogP contribution in [0.2, 0.25) is 0 Å². The Balaban J connectivity index is 3.22. The van der Waals surface area contributed by atoms with E-state index in [0.29, 0.717) is 12.5 Å². The Bertz CT molecular complexity index is 131. The van der Waals surface area contributed by atoms with Gasteiger partial charge in [-0.15, -0.1) is 0 Å². The first-order chi connectivity index (χ1) is 6.52. The quantitative estimate of drug-likeness (QED) is 0.619. The Morgan fingerprint density at radius 3 is 2.36 bits per heavy atom. The van der Waals surface area contributed by atoms with E-state index in [9.17, 15) is 8.78 Å². The van der Waals surface area contributed by atoms with Gasteiger partial charge in [-0.25, -0.2) is 8.78 Å². The summed E-state index contributed by atoms with van der Waals surface area (Å²) >= 11 is 0. The molecule has 1 N–H and O–H groups in total. The van der Waals surface area contributed by atoms with Gasteiger partial charge < -0.3 is 10.1 Å². The molecule has 0 aromatic rings. The van der Waals surface area contributed by atoms with E-state index in [1.807, 2.05) is 0 Å². The first-order valence-electron chi connectivity index (χ1n) is 5.12. The molecule has 0 spiro atoms. The lowest BCUT2D eigenvalue weighted by atomic mass is 10.1. The number of hydrogen-bond donors (Lipinski definition) is 1. The SMILES string of the molecule is CC(C)CCNCC(C)OCC(F)F. The van der Waals surface area contributed by atoms with Crippen molar-refractivity contribution in [2.24, 2.45) is 5.92 Å². The first kappa shape index (κ1) is 13.8. The number of alkyl halides is 2. The minimum atomic E-state index is -2.37. The molecule has 0 aromatic heterocycles. The normalized spacial score (nSPS) is 13.9. The number of nitrogens with one attached hydrogen (secondary N) is 1. The second-order valence-electron chi connectivity index (χ2n) is 3.92. The average molecular weight is 209 g/mol. The molecular weight excluding hydrogens is 188 g/mol. The van der Waals surface area contributed by atoms with Crippen LogP contribution in [0.3, 0.4) is 0 Å². The summed E-state index contributed by atoms with van der Waals surface area (Å²) in [5, 5.41) is 3.17. The molecule has 0 fully saturated rings. The van der Waals surface area contributed by atoms with Crippen molar-refractivity contribution in [1.82, 2.24) is 5.32 Å². The topological polar surface area (TPSA) is 21.3 Å². The van der Waals surface area contributed by atoms with Crippen molar-refractivity contribution in [3.05, 3.63) is 0 Å². The monoisotopic (exact) mass is 209 g/mol. The maximum absolute atomic E-state index is 11.7. The Labute approximate surface area is 85.0 Å². The Hall–Kier alpha value is -0.220. The van der Waals surface area contributed by atoms with Gasteiger partial charge in [-0.05, 0) is 25.8 Å². The van der Waals surface area contributed by atoms with Crippen molar-refractivity contribution < 1.29 is 13.5 Å². The highest BCUT2D eigenvalue weighted by atomic mass is 19.3. The molecule has 0 aliphatic carbocycles. The Morgan fingerprint density at radius 2 is 1.86 bits per heavy atom. The molecule has 0 radical (unpaired) electrons. The molecular formula is C10H21F2NO. The predicted octanol–water partition coefficient (Wildman–Crippen LogP) is 2.29. The summed E-state index contributed by atoms with van der Waals surface area (Å²) in [5.41, 5.74) is 0. The van der Waals surface area contributed by atoms with Crippen molar-refractivity contribution in [3.63, 3.8) is 0 Å². The van der Waals surface area contributed by atoms with Gasteiger partial charge in [0.25, 0.3) is 6.43 Å². The zero-order valence-electron chi connectivity index (χ0n) is 9.22. The van der Waals surface area contributed by atoms with E-state index >= 15 is 0 Å². The van der Waals surface area contributed by atoms with Crippen LogP contribution in [-0.2, 0) is 4.74 Å². The van der Waals surface area contributed by atoms with Crippen LogP contribution in [0.5, 0.6) is 0 Å². The smallest absolute Gasteiger partial charge is 0.261 e. The zero-order valence-corrected chi connectivity index (χ0v) is 9.22. The molecule has 14 heavy (non-hydrogen) atoms. The van der Waals surface area contributed by atoms with Crippen LogP contribution in [0.15, 0.2) is 0 Å². The summed E-state index contributed by atoms with van der Waals surface area (Å²) < 4.78 is 28.4. The Kier molecular flexibility index (Phi) is 7.99. The van der Waals surface area contributed by atoms with Crippen molar-refractivity contribution >= 4 is 0 Å². The lowest BCUT2D eigenvalue weighted by Crippen LogP contribution is -2.29. The van der Waals surface area contributed by atoms with Crippen molar-refractivity contribution in [3.8, 4) is 0 Å². The third-order valence-corrected chi connectivity index (χ3v) is 1.84. The van der Waals surface area contributed by atoms with E-state index in [-0.39, 0.29) is 6.10 Å². The number of hydrogen-bond acceptors (Lipinski definition) is 2. The maximum atomic E-state index is 11.7. The predicted molar refractivity (Wildman–Crippen MR) is 53.7 cm³/mol. The van der Waals surface area contributed by atoms with E-state index in [0.717, 1.165) is 13.0 Å². The summed E-state index contributed by atoms with van der Waals surface area (Å²) in [6.45, 7) is 7.19. The molecule has 0 saturated heterocycles. The van der Waals surface area contributed by atoms with Gasteiger partial charge in [-0.3, -0.25) is 0 Å². The molecule has 0 aromatic carbocycles. The lowest BCUT2D eigenvalue weighted by Gasteiger charge is -2.14. The van der Waals surface area contributed by atoms with Gasteiger partial charge in [-0.1, -0.05) is 13.8 Å². The molecule has 0 rings (SSSR count). The highest BCUT2D eigenvalue weighted by Crippen LogP contribution is 1.98. The summed E-state index contributed by atoms with van der Waals surface area (Å²) in [4.78, 5) is 0. The van der Waals surface area contributed by atoms with Crippen molar-refractivity contribution in [2.75, 3.05) is 19.7 Å². The molecule has 0 aliphatic heterocycles. The van der Waals surface area contributed by atoms with E-state index in [4.69, 9.17) is 4.74 Å². The van der Waals surface area contributed by atoms with Crippen LogP contribution in [0.4, 0.5) is 8.78 Å². The fourth-order valence-electron chi connectivity index (χ4n) is 0.992. The highest BCUT2D eigenvalue weighted by Gasteiger charge is 2.06. The minimum Gasteiger partial charge on any atom is -0.371 e. The molecule has 86 valence electrons. The standard InChI is InChI=1S/C10H21F2NO/c1-8(2)4-5-13-6-9(3)14-7-10(11)12/h8-10,13H,4-7H2,1-3H3. The summed E-state index contributed by atoms with van der Waals surface area (Å²) in [7, 11) is 0. The largest absolute Gasteiger partial charge is 0.371 e. The van der Waals surface area contributed by atoms with Gasteiger partial charge in [-0.2, -0.15) is 0 Å². The molecule has 0 bridgehead atoms. The van der Waals surface area contributed by atoms with Crippen LogP contribution >= 0.6 is 0 Å². The highest BCUT2D eigenvalue weighted by molar-refractivity contribution is 4.57.